The Labute approximate surface area is 203 Å². The van der Waals surface area contributed by atoms with E-state index in [1.54, 1.807) is 0 Å². The van der Waals surface area contributed by atoms with Crippen LogP contribution in [-0.2, 0) is 9.53 Å². The second-order valence-electron chi connectivity index (χ2n) is 9.12. The van der Waals surface area contributed by atoms with Crippen LogP contribution in [0.25, 0.3) is 0 Å². The third-order valence-corrected chi connectivity index (χ3v) is 6.83. The molecule has 2 fully saturated rings. The summed E-state index contributed by atoms with van der Waals surface area (Å²) in [4.78, 5) is 15.3. The van der Waals surface area contributed by atoms with Crippen LogP contribution in [-0.4, -0.2) is 36.9 Å². The summed E-state index contributed by atoms with van der Waals surface area (Å²) in [5.41, 5.74) is 4.82. The van der Waals surface area contributed by atoms with E-state index in [0.717, 1.165) is 30.0 Å². The summed E-state index contributed by atoms with van der Waals surface area (Å²) in [6, 6.07) is 12.3. The molecule has 1 aliphatic carbocycles. The van der Waals surface area contributed by atoms with Gasteiger partial charge in [-0.05, 0) is 49.4 Å². The number of halogens is 6. The summed E-state index contributed by atoms with van der Waals surface area (Å²) < 4.78 is 88.4. The summed E-state index contributed by atoms with van der Waals surface area (Å²) in [7, 11) is 0. The first kappa shape index (κ1) is 26.0. The molecule has 0 aromatic heterocycles. The van der Waals surface area contributed by atoms with Crippen molar-refractivity contribution in [1.29, 1.82) is 0 Å². The SMILES string of the molecule is NC(=Nc1ccc(OC(F)(F)F)c([C@H]2CO[C@]3(CCC[C@H](C=O)[C@H]3c3ccccc3)C2)c1)C(F)(F)F. The van der Waals surface area contributed by atoms with Crippen molar-refractivity contribution in [2.24, 2.45) is 16.6 Å². The first-order valence-electron chi connectivity index (χ1n) is 11.4. The van der Waals surface area contributed by atoms with Gasteiger partial charge >= 0.3 is 12.5 Å². The first-order chi connectivity index (χ1) is 16.9. The van der Waals surface area contributed by atoms with Gasteiger partial charge in [-0.2, -0.15) is 13.2 Å². The fourth-order valence-electron chi connectivity index (χ4n) is 5.44. The number of nitrogens with two attached hydrogens (primary N) is 1. The van der Waals surface area contributed by atoms with Crippen LogP contribution in [0.5, 0.6) is 5.75 Å². The molecular weight excluding hydrogens is 490 g/mol. The fraction of sp³-hybridized carbons (Fsp3) is 0.440. The molecule has 1 saturated carbocycles. The lowest BCUT2D eigenvalue weighted by Gasteiger charge is -2.44. The Hall–Kier alpha value is -3.08. The van der Waals surface area contributed by atoms with Crippen LogP contribution in [0.1, 0.15) is 48.6 Å². The van der Waals surface area contributed by atoms with Gasteiger partial charge in [-0.25, -0.2) is 4.99 Å². The topological polar surface area (TPSA) is 73.9 Å². The maximum Gasteiger partial charge on any atom is 0.573 e. The number of amidine groups is 1. The highest BCUT2D eigenvalue weighted by Crippen LogP contribution is 2.55. The number of carbonyl (C=O) groups is 1. The Bertz CT molecular complexity index is 1120. The molecule has 2 aromatic carbocycles. The van der Waals surface area contributed by atoms with Crippen LogP contribution in [0.4, 0.5) is 32.0 Å². The molecule has 1 saturated heterocycles. The van der Waals surface area contributed by atoms with E-state index in [1.165, 1.54) is 0 Å². The quantitative estimate of drug-likeness (QED) is 0.224. The van der Waals surface area contributed by atoms with Crippen molar-refractivity contribution < 1.29 is 40.6 Å². The molecule has 2 aromatic rings. The van der Waals surface area contributed by atoms with Crippen molar-refractivity contribution in [3.63, 3.8) is 0 Å². The second-order valence-corrected chi connectivity index (χ2v) is 9.12. The molecule has 194 valence electrons. The summed E-state index contributed by atoms with van der Waals surface area (Å²) in [6.07, 6.45) is -6.82. The van der Waals surface area contributed by atoms with E-state index in [4.69, 9.17) is 10.5 Å². The number of aldehydes is 1. The number of hydrogen-bond acceptors (Lipinski definition) is 4. The molecule has 0 radical (unpaired) electrons. The highest BCUT2D eigenvalue weighted by Gasteiger charge is 2.52. The average molecular weight is 514 g/mol. The van der Waals surface area contributed by atoms with E-state index in [2.05, 4.69) is 9.73 Å². The van der Waals surface area contributed by atoms with Crippen LogP contribution in [0.15, 0.2) is 53.5 Å². The smallest absolute Gasteiger partial charge is 0.405 e. The van der Waals surface area contributed by atoms with E-state index in [-0.39, 0.29) is 36.1 Å². The minimum Gasteiger partial charge on any atom is -0.405 e. The summed E-state index contributed by atoms with van der Waals surface area (Å²) in [6.45, 7) is 0.00501. The van der Waals surface area contributed by atoms with Crippen molar-refractivity contribution in [3.8, 4) is 5.75 Å². The van der Waals surface area contributed by atoms with Crippen molar-refractivity contribution in [3.05, 3.63) is 59.7 Å². The zero-order chi connectivity index (χ0) is 26.1. The fourth-order valence-corrected chi connectivity index (χ4v) is 5.44. The molecule has 0 bridgehead atoms. The molecule has 36 heavy (non-hydrogen) atoms. The second kappa shape index (κ2) is 9.76. The van der Waals surface area contributed by atoms with Crippen LogP contribution in [0.2, 0.25) is 0 Å². The lowest BCUT2D eigenvalue weighted by atomic mass is 9.64. The number of ether oxygens (including phenoxy) is 2. The monoisotopic (exact) mass is 514 g/mol. The van der Waals surface area contributed by atoms with Crippen LogP contribution in [0, 0.1) is 5.92 Å². The third-order valence-electron chi connectivity index (χ3n) is 6.83. The number of rotatable bonds is 5. The Morgan fingerprint density at radius 2 is 1.83 bits per heavy atom. The number of nitrogens with zero attached hydrogens (tertiary/aromatic N) is 1. The molecule has 4 atom stereocenters. The van der Waals surface area contributed by atoms with E-state index >= 15 is 0 Å². The van der Waals surface area contributed by atoms with Gasteiger partial charge in [-0.1, -0.05) is 30.3 Å². The van der Waals surface area contributed by atoms with Crippen molar-refractivity contribution in [2.45, 2.75) is 55.7 Å². The van der Waals surface area contributed by atoms with Crippen LogP contribution >= 0.6 is 0 Å². The third kappa shape index (κ3) is 5.50. The van der Waals surface area contributed by atoms with Gasteiger partial charge in [0.15, 0.2) is 0 Å². The summed E-state index contributed by atoms with van der Waals surface area (Å²) in [5, 5.41) is 0. The Kier molecular flexibility index (Phi) is 7.05. The molecule has 2 N–H and O–H groups in total. The predicted octanol–water partition coefficient (Wildman–Crippen LogP) is 6.16. The van der Waals surface area contributed by atoms with Gasteiger partial charge in [-0.15, -0.1) is 13.2 Å². The predicted molar refractivity (Wildman–Crippen MR) is 119 cm³/mol. The zero-order valence-electron chi connectivity index (χ0n) is 19.0. The van der Waals surface area contributed by atoms with Crippen molar-refractivity contribution in [2.75, 3.05) is 6.61 Å². The molecule has 4 rings (SSSR count). The van der Waals surface area contributed by atoms with Gasteiger partial charge in [-0.3, -0.25) is 0 Å². The molecule has 2 aliphatic rings. The molecule has 1 spiro atoms. The average Bonchev–Trinajstić information content (AvgIpc) is 3.22. The molecule has 1 aliphatic heterocycles. The highest BCUT2D eigenvalue weighted by atomic mass is 19.4. The van der Waals surface area contributed by atoms with Gasteiger partial charge in [0.25, 0.3) is 0 Å². The Morgan fingerprint density at radius 3 is 2.47 bits per heavy atom. The number of alkyl halides is 6. The number of benzene rings is 2. The van der Waals surface area contributed by atoms with E-state index in [1.807, 2.05) is 30.3 Å². The minimum atomic E-state index is -5.01. The molecule has 0 unspecified atom stereocenters. The minimum absolute atomic E-state index is 0.00501. The van der Waals surface area contributed by atoms with Gasteiger partial charge in [0.05, 0.1) is 17.9 Å². The maximum absolute atomic E-state index is 13.1. The van der Waals surface area contributed by atoms with Gasteiger partial charge in [0, 0.05) is 23.3 Å². The number of aliphatic imine (C=N–C) groups is 1. The van der Waals surface area contributed by atoms with E-state index < -0.39 is 35.6 Å². The van der Waals surface area contributed by atoms with Crippen LogP contribution < -0.4 is 10.5 Å². The van der Waals surface area contributed by atoms with E-state index in [9.17, 15) is 31.1 Å². The summed E-state index contributed by atoms with van der Waals surface area (Å²) >= 11 is 0. The maximum atomic E-state index is 13.1. The zero-order valence-corrected chi connectivity index (χ0v) is 19.0. The largest absolute Gasteiger partial charge is 0.573 e. The number of hydrogen-bond donors (Lipinski definition) is 1. The van der Waals surface area contributed by atoms with Crippen molar-refractivity contribution in [1.82, 2.24) is 0 Å². The van der Waals surface area contributed by atoms with Gasteiger partial charge in [0.1, 0.15) is 12.0 Å². The van der Waals surface area contributed by atoms with Gasteiger partial charge in [0.2, 0.25) is 5.84 Å². The van der Waals surface area contributed by atoms with Crippen molar-refractivity contribution >= 4 is 17.8 Å². The standard InChI is InChI=1S/C25H24F6N2O3/c26-24(27,28)22(32)33-18-8-9-20(36-25(29,30)31)19(11-18)17-12-23(35-14-17)10-4-7-16(13-34)21(23)15-5-2-1-3-6-15/h1-3,5-6,8-9,11,13,16-17,21H,4,7,10,12,14H2,(H2,32,33)/t16-,17-,21-,23-/m1/s1. The van der Waals surface area contributed by atoms with Crippen LogP contribution in [0.3, 0.4) is 0 Å². The molecule has 0 amide bonds. The highest BCUT2D eigenvalue weighted by molar-refractivity contribution is 5.88. The molecular formula is C25H24F6N2O3. The number of carbonyl (C=O) groups excluding carboxylic acids is 1. The lowest BCUT2D eigenvalue weighted by Crippen LogP contribution is -2.43. The normalized spacial score (nSPS) is 27.3. The Morgan fingerprint density at radius 1 is 1.11 bits per heavy atom. The molecule has 11 heteroatoms. The Balaban J connectivity index is 1.73. The summed E-state index contributed by atoms with van der Waals surface area (Å²) in [5.74, 6) is -3.46. The van der Waals surface area contributed by atoms with Gasteiger partial charge < -0.3 is 20.0 Å². The molecule has 1 heterocycles. The van der Waals surface area contributed by atoms with E-state index in [0.29, 0.717) is 19.3 Å². The molecule has 5 nitrogen and oxygen atoms in total. The first-order valence-corrected chi connectivity index (χ1v) is 11.4. The lowest BCUT2D eigenvalue weighted by molar-refractivity contribution is -0.275.